The highest BCUT2D eigenvalue weighted by molar-refractivity contribution is 5.82. The molecule has 0 spiro atoms. The predicted octanol–water partition coefficient (Wildman–Crippen LogP) is 3.71. The number of carbonyl (C=O) groups excluding carboxylic acids is 2. The normalized spacial score (nSPS) is 16.5. The third kappa shape index (κ3) is 5.07. The summed E-state index contributed by atoms with van der Waals surface area (Å²) in [6.45, 7) is 5.22. The molecule has 6 nitrogen and oxygen atoms in total. The number of hydrogen-bond acceptors (Lipinski definition) is 4. The molecule has 166 valence electrons. The number of aromatic nitrogens is 1. The second kappa shape index (κ2) is 9.81. The number of carbonyl (C=O) groups is 2. The Morgan fingerprint density at radius 3 is 2.50 bits per heavy atom. The Bertz CT molecular complexity index is 1050. The summed E-state index contributed by atoms with van der Waals surface area (Å²) in [6.07, 6.45) is 1.59. The van der Waals surface area contributed by atoms with E-state index in [0.717, 1.165) is 28.1 Å². The summed E-state index contributed by atoms with van der Waals surface area (Å²) < 4.78 is 5.20. The van der Waals surface area contributed by atoms with Gasteiger partial charge >= 0.3 is 0 Å². The Labute approximate surface area is 188 Å². The fourth-order valence-corrected chi connectivity index (χ4v) is 4.28. The third-order valence-electron chi connectivity index (χ3n) is 6.16. The number of nitrogens with zero attached hydrogens (tertiary/aromatic N) is 2. The topological polar surface area (TPSA) is 75.4 Å². The van der Waals surface area contributed by atoms with Crippen molar-refractivity contribution in [2.45, 2.75) is 33.1 Å². The molecule has 1 saturated heterocycles. The lowest BCUT2D eigenvalue weighted by molar-refractivity contribution is -0.132. The van der Waals surface area contributed by atoms with Crippen LogP contribution in [-0.2, 0) is 22.4 Å². The zero-order valence-electron chi connectivity index (χ0n) is 18.6. The molecule has 2 aromatic carbocycles. The van der Waals surface area contributed by atoms with Gasteiger partial charge in [-0.2, -0.15) is 0 Å². The molecule has 0 unspecified atom stereocenters. The van der Waals surface area contributed by atoms with Crippen molar-refractivity contribution in [1.82, 2.24) is 15.4 Å². The van der Waals surface area contributed by atoms with Gasteiger partial charge in [-0.1, -0.05) is 59.8 Å². The van der Waals surface area contributed by atoms with Gasteiger partial charge in [-0.25, -0.2) is 0 Å². The van der Waals surface area contributed by atoms with Gasteiger partial charge in [0.05, 0.1) is 11.6 Å². The maximum Gasteiger partial charge on any atom is 0.225 e. The van der Waals surface area contributed by atoms with Crippen molar-refractivity contribution in [3.63, 3.8) is 0 Å². The summed E-state index contributed by atoms with van der Waals surface area (Å²) in [5.74, 6) is 0.576. The highest BCUT2D eigenvalue weighted by atomic mass is 16.5. The summed E-state index contributed by atoms with van der Waals surface area (Å²) >= 11 is 0. The Morgan fingerprint density at radius 2 is 1.81 bits per heavy atom. The van der Waals surface area contributed by atoms with Crippen LogP contribution in [0, 0.1) is 19.8 Å². The number of benzene rings is 2. The summed E-state index contributed by atoms with van der Waals surface area (Å²) in [5, 5.41) is 6.93. The molecule has 1 atom stereocenters. The predicted molar refractivity (Wildman–Crippen MR) is 123 cm³/mol. The van der Waals surface area contributed by atoms with Crippen LogP contribution in [0.1, 0.15) is 29.0 Å². The molecule has 0 bridgehead atoms. The van der Waals surface area contributed by atoms with E-state index in [2.05, 4.69) is 46.9 Å². The van der Waals surface area contributed by atoms with Gasteiger partial charge in [-0.3, -0.25) is 9.59 Å². The van der Waals surface area contributed by atoms with E-state index in [1.54, 1.807) is 0 Å². The molecule has 2 heterocycles. The quantitative estimate of drug-likeness (QED) is 0.646. The average molecular weight is 432 g/mol. The van der Waals surface area contributed by atoms with Gasteiger partial charge in [-0.05, 0) is 43.4 Å². The first kappa shape index (κ1) is 21.8. The molecular formula is C26H29N3O3. The number of hydrogen-bond donors (Lipinski definition) is 1. The minimum absolute atomic E-state index is 0.0122. The van der Waals surface area contributed by atoms with Crippen LogP contribution in [0.15, 0.2) is 59.1 Å². The van der Waals surface area contributed by atoms with E-state index < -0.39 is 0 Å². The summed E-state index contributed by atoms with van der Waals surface area (Å²) in [6, 6.07) is 18.5. The van der Waals surface area contributed by atoms with E-state index in [1.165, 1.54) is 5.56 Å². The molecule has 2 amide bonds. The van der Waals surface area contributed by atoms with Gasteiger partial charge in [0, 0.05) is 31.6 Å². The molecule has 1 fully saturated rings. The summed E-state index contributed by atoms with van der Waals surface area (Å²) in [4.78, 5) is 27.4. The van der Waals surface area contributed by atoms with Crippen molar-refractivity contribution in [1.29, 1.82) is 0 Å². The lowest BCUT2D eigenvalue weighted by Crippen LogP contribution is -2.37. The Kier molecular flexibility index (Phi) is 6.69. The first-order valence-electron chi connectivity index (χ1n) is 11.1. The highest BCUT2D eigenvalue weighted by Crippen LogP contribution is 2.22. The van der Waals surface area contributed by atoms with Crippen molar-refractivity contribution >= 4 is 11.8 Å². The summed E-state index contributed by atoms with van der Waals surface area (Å²) in [7, 11) is 0. The van der Waals surface area contributed by atoms with Gasteiger partial charge in [0.1, 0.15) is 5.76 Å². The molecule has 1 aliphatic rings. The third-order valence-corrected chi connectivity index (χ3v) is 6.16. The van der Waals surface area contributed by atoms with Gasteiger partial charge in [0.15, 0.2) is 0 Å². The Hall–Kier alpha value is -3.41. The van der Waals surface area contributed by atoms with Crippen molar-refractivity contribution in [2.75, 3.05) is 19.6 Å². The van der Waals surface area contributed by atoms with Crippen molar-refractivity contribution < 1.29 is 14.1 Å². The minimum Gasteiger partial charge on any atom is -0.361 e. The monoisotopic (exact) mass is 431 g/mol. The van der Waals surface area contributed by atoms with Gasteiger partial charge in [0.2, 0.25) is 11.8 Å². The second-order valence-corrected chi connectivity index (χ2v) is 8.40. The van der Waals surface area contributed by atoms with Gasteiger partial charge in [0.25, 0.3) is 0 Å². The van der Waals surface area contributed by atoms with Crippen LogP contribution < -0.4 is 5.32 Å². The SMILES string of the molecule is Cc1noc(C)c1CCC(=O)N1CCNC(=O)[C@@H](Cc2ccc(-c3ccccc3)cc2)C1. The first-order chi connectivity index (χ1) is 15.5. The Morgan fingerprint density at radius 1 is 1.09 bits per heavy atom. The van der Waals surface area contributed by atoms with Crippen LogP contribution in [0.4, 0.5) is 0 Å². The van der Waals surface area contributed by atoms with Crippen molar-refractivity contribution in [3.05, 3.63) is 77.2 Å². The molecule has 6 heteroatoms. The van der Waals surface area contributed by atoms with Crippen molar-refractivity contribution in [2.24, 2.45) is 5.92 Å². The zero-order valence-corrected chi connectivity index (χ0v) is 18.6. The lowest BCUT2D eigenvalue weighted by Gasteiger charge is -2.23. The fourth-order valence-electron chi connectivity index (χ4n) is 4.28. The number of rotatable bonds is 6. The molecule has 3 aromatic rings. The molecular weight excluding hydrogens is 402 g/mol. The average Bonchev–Trinajstić information content (AvgIpc) is 3.01. The Balaban J connectivity index is 1.39. The van der Waals surface area contributed by atoms with E-state index in [-0.39, 0.29) is 17.7 Å². The highest BCUT2D eigenvalue weighted by Gasteiger charge is 2.28. The van der Waals surface area contributed by atoms with Crippen LogP contribution in [0.2, 0.25) is 0 Å². The largest absolute Gasteiger partial charge is 0.361 e. The molecule has 1 N–H and O–H groups in total. The molecule has 32 heavy (non-hydrogen) atoms. The van der Waals surface area contributed by atoms with E-state index in [9.17, 15) is 9.59 Å². The molecule has 0 aliphatic carbocycles. The molecule has 4 rings (SSSR count). The second-order valence-electron chi connectivity index (χ2n) is 8.40. The number of amides is 2. The van der Waals surface area contributed by atoms with Crippen LogP contribution in [-0.4, -0.2) is 41.5 Å². The summed E-state index contributed by atoms with van der Waals surface area (Å²) in [5.41, 5.74) is 5.24. The number of aryl methyl sites for hydroxylation is 2. The van der Waals surface area contributed by atoms with E-state index >= 15 is 0 Å². The first-order valence-corrected chi connectivity index (χ1v) is 11.1. The zero-order chi connectivity index (χ0) is 22.5. The van der Waals surface area contributed by atoms with E-state index in [1.807, 2.05) is 36.9 Å². The molecule has 0 saturated carbocycles. The standard InChI is InChI=1S/C26H29N3O3/c1-18-24(19(2)32-28-18)12-13-25(30)29-15-14-27-26(31)23(17-29)16-20-8-10-22(11-9-20)21-6-4-3-5-7-21/h3-11,23H,12-17H2,1-2H3,(H,27,31)/t23-/m0/s1. The van der Waals surface area contributed by atoms with Gasteiger partial charge in [-0.15, -0.1) is 0 Å². The van der Waals surface area contributed by atoms with E-state index in [4.69, 9.17) is 4.52 Å². The van der Waals surface area contributed by atoms with Crippen LogP contribution in [0.3, 0.4) is 0 Å². The van der Waals surface area contributed by atoms with Crippen molar-refractivity contribution in [3.8, 4) is 11.1 Å². The van der Waals surface area contributed by atoms with Crippen LogP contribution >= 0.6 is 0 Å². The lowest BCUT2D eigenvalue weighted by atomic mass is 9.96. The van der Waals surface area contributed by atoms with Crippen LogP contribution in [0.25, 0.3) is 11.1 Å². The maximum absolute atomic E-state index is 12.9. The molecule has 1 aliphatic heterocycles. The van der Waals surface area contributed by atoms with Crippen LogP contribution in [0.5, 0.6) is 0 Å². The van der Waals surface area contributed by atoms with Gasteiger partial charge < -0.3 is 14.7 Å². The number of nitrogens with one attached hydrogen (secondary N) is 1. The molecule has 1 aromatic heterocycles. The fraction of sp³-hybridized carbons (Fsp3) is 0.346. The van der Waals surface area contributed by atoms with E-state index in [0.29, 0.717) is 38.9 Å². The minimum atomic E-state index is -0.261. The maximum atomic E-state index is 12.9. The smallest absolute Gasteiger partial charge is 0.225 e. The molecule has 0 radical (unpaired) electrons.